The second kappa shape index (κ2) is 6.52. The predicted molar refractivity (Wildman–Crippen MR) is 81.2 cm³/mol. The van der Waals surface area contributed by atoms with Crippen LogP contribution in [0.15, 0.2) is 30.4 Å². The standard InChI is InChI=1S/C17H19NO6/c1-22-10-4-3-9(7-13(10)23-2)8-18-16(19)14-11-5-6-12(24-11)15(14)17(20)21/h3-7,11-12,14-15H,8H2,1-2H3,(H,18,19)(H,20,21)/p-1/t11-,12+,14-,15-/m0/s1. The minimum atomic E-state index is -1.27. The van der Waals surface area contributed by atoms with E-state index in [2.05, 4.69) is 5.32 Å². The zero-order valence-electron chi connectivity index (χ0n) is 13.4. The first-order valence-electron chi connectivity index (χ1n) is 7.58. The average Bonchev–Trinajstić information content (AvgIpc) is 3.20. The maximum Gasteiger partial charge on any atom is 0.227 e. The van der Waals surface area contributed by atoms with Gasteiger partial charge in [-0.2, -0.15) is 0 Å². The Morgan fingerprint density at radius 3 is 2.42 bits per heavy atom. The van der Waals surface area contributed by atoms with E-state index >= 15 is 0 Å². The fourth-order valence-corrected chi connectivity index (χ4v) is 3.20. The van der Waals surface area contributed by atoms with Gasteiger partial charge in [0.2, 0.25) is 5.91 Å². The summed E-state index contributed by atoms with van der Waals surface area (Å²) in [5.41, 5.74) is 0.811. The highest BCUT2D eigenvalue weighted by atomic mass is 16.5. The van der Waals surface area contributed by atoms with Crippen molar-refractivity contribution < 1.29 is 28.9 Å². The summed E-state index contributed by atoms with van der Waals surface area (Å²) in [5, 5.41) is 14.1. The van der Waals surface area contributed by atoms with Crippen molar-refractivity contribution >= 4 is 11.9 Å². The van der Waals surface area contributed by atoms with Gasteiger partial charge in [0.05, 0.1) is 32.3 Å². The number of amides is 1. The summed E-state index contributed by atoms with van der Waals surface area (Å²) in [5.74, 6) is -2.20. The van der Waals surface area contributed by atoms with Crippen molar-refractivity contribution in [1.29, 1.82) is 0 Å². The number of hydrogen-bond acceptors (Lipinski definition) is 6. The van der Waals surface area contributed by atoms with Gasteiger partial charge < -0.3 is 29.4 Å². The average molecular weight is 332 g/mol. The fraction of sp³-hybridized carbons (Fsp3) is 0.412. The lowest BCUT2D eigenvalue weighted by atomic mass is 9.82. The number of carboxylic acids is 1. The lowest BCUT2D eigenvalue weighted by Crippen LogP contribution is -2.46. The van der Waals surface area contributed by atoms with Crippen LogP contribution in [0.25, 0.3) is 0 Å². The van der Waals surface area contributed by atoms with Crippen LogP contribution >= 0.6 is 0 Å². The smallest absolute Gasteiger partial charge is 0.227 e. The number of nitrogens with one attached hydrogen (secondary N) is 1. The Morgan fingerprint density at radius 2 is 1.79 bits per heavy atom. The Bertz CT molecular complexity index is 686. The number of methoxy groups -OCH3 is 2. The summed E-state index contributed by atoms with van der Waals surface area (Å²) >= 11 is 0. The van der Waals surface area contributed by atoms with E-state index in [4.69, 9.17) is 14.2 Å². The summed E-state index contributed by atoms with van der Waals surface area (Å²) < 4.78 is 15.9. The van der Waals surface area contributed by atoms with Gasteiger partial charge >= 0.3 is 0 Å². The second-order valence-corrected chi connectivity index (χ2v) is 5.73. The van der Waals surface area contributed by atoms with E-state index in [1.165, 1.54) is 7.11 Å². The first-order chi connectivity index (χ1) is 11.5. The molecule has 0 aromatic heterocycles. The summed E-state index contributed by atoms with van der Waals surface area (Å²) in [6.07, 6.45) is 2.30. The molecular weight excluding hydrogens is 314 g/mol. The highest BCUT2D eigenvalue weighted by Gasteiger charge is 2.50. The first kappa shape index (κ1) is 16.3. The normalized spacial score (nSPS) is 27.1. The maximum absolute atomic E-state index is 12.4. The molecule has 4 atom stereocenters. The number of fused-ring (bicyclic) bond motifs is 2. The van der Waals surface area contributed by atoms with E-state index in [-0.39, 0.29) is 12.5 Å². The minimum Gasteiger partial charge on any atom is -0.550 e. The van der Waals surface area contributed by atoms with E-state index in [1.807, 2.05) is 0 Å². The molecule has 1 amide bonds. The number of hydrogen-bond donors (Lipinski definition) is 1. The summed E-state index contributed by atoms with van der Waals surface area (Å²) in [6.45, 7) is 0.247. The van der Waals surface area contributed by atoms with Crippen LogP contribution in [0.4, 0.5) is 0 Å². The Balaban J connectivity index is 1.67. The number of aliphatic carboxylic acids is 1. The number of carbonyl (C=O) groups excluding carboxylic acids is 2. The Kier molecular flexibility index (Phi) is 4.44. The van der Waals surface area contributed by atoms with Gasteiger partial charge in [0.1, 0.15) is 0 Å². The molecule has 1 aromatic rings. The molecule has 2 heterocycles. The highest BCUT2D eigenvalue weighted by Crippen LogP contribution is 2.39. The molecule has 7 nitrogen and oxygen atoms in total. The molecule has 0 saturated carbocycles. The maximum atomic E-state index is 12.4. The van der Waals surface area contributed by atoms with Gasteiger partial charge in [-0.1, -0.05) is 18.2 Å². The minimum absolute atomic E-state index is 0.247. The van der Waals surface area contributed by atoms with E-state index in [0.717, 1.165) is 5.56 Å². The number of carboxylic acid groups (broad SMARTS) is 1. The molecule has 3 rings (SSSR count). The van der Waals surface area contributed by atoms with E-state index in [9.17, 15) is 14.7 Å². The number of ether oxygens (including phenoxy) is 3. The molecule has 1 N–H and O–H groups in total. The zero-order chi connectivity index (χ0) is 17.3. The quantitative estimate of drug-likeness (QED) is 0.715. The molecule has 0 spiro atoms. The van der Waals surface area contributed by atoms with Crippen molar-refractivity contribution in [1.82, 2.24) is 5.32 Å². The molecule has 1 saturated heterocycles. The number of rotatable bonds is 6. The van der Waals surface area contributed by atoms with Crippen molar-refractivity contribution in [2.24, 2.45) is 11.8 Å². The van der Waals surface area contributed by atoms with Crippen LogP contribution < -0.4 is 19.9 Å². The zero-order valence-corrected chi connectivity index (χ0v) is 13.4. The summed E-state index contributed by atoms with van der Waals surface area (Å²) in [6, 6.07) is 5.30. The summed E-state index contributed by atoms with van der Waals surface area (Å²) in [7, 11) is 3.08. The van der Waals surface area contributed by atoms with Crippen LogP contribution in [0, 0.1) is 11.8 Å². The molecule has 7 heteroatoms. The van der Waals surface area contributed by atoms with Crippen molar-refractivity contribution in [2.75, 3.05) is 14.2 Å². The van der Waals surface area contributed by atoms with E-state index in [1.54, 1.807) is 37.5 Å². The van der Waals surface area contributed by atoms with Crippen LogP contribution in [0.2, 0.25) is 0 Å². The first-order valence-corrected chi connectivity index (χ1v) is 7.58. The number of benzene rings is 1. The van der Waals surface area contributed by atoms with Crippen LogP contribution in [-0.2, 0) is 20.9 Å². The topological polar surface area (TPSA) is 96.9 Å². The van der Waals surface area contributed by atoms with Gasteiger partial charge in [-0.15, -0.1) is 0 Å². The predicted octanol–water partition coefficient (Wildman–Crippen LogP) is -0.360. The second-order valence-electron chi connectivity index (χ2n) is 5.73. The third-order valence-electron chi connectivity index (χ3n) is 4.39. The number of carbonyl (C=O) groups is 2. The fourth-order valence-electron chi connectivity index (χ4n) is 3.20. The molecule has 0 unspecified atom stereocenters. The molecule has 0 radical (unpaired) electrons. The van der Waals surface area contributed by atoms with Crippen LogP contribution in [0.3, 0.4) is 0 Å². The largest absolute Gasteiger partial charge is 0.550 e. The molecule has 1 fully saturated rings. The molecule has 2 aliphatic rings. The molecule has 24 heavy (non-hydrogen) atoms. The van der Waals surface area contributed by atoms with E-state index in [0.29, 0.717) is 11.5 Å². The van der Waals surface area contributed by atoms with Gasteiger partial charge in [-0.3, -0.25) is 4.79 Å². The van der Waals surface area contributed by atoms with E-state index < -0.39 is 30.0 Å². The third-order valence-corrected chi connectivity index (χ3v) is 4.39. The van der Waals surface area contributed by atoms with Crippen molar-refractivity contribution in [3.8, 4) is 11.5 Å². The van der Waals surface area contributed by atoms with Crippen LogP contribution in [0.5, 0.6) is 11.5 Å². The molecule has 1 aromatic carbocycles. The lowest BCUT2D eigenvalue weighted by molar-refractivity contribution is -0.313. The highest BCUT2D eigenvalue weighted by molar-refractivity contribution is 5.86. The molecule has 128 valence electrons. The molecule has 0 aliphatic carbocycles. The van der Waals surface area contributed by atoms with Gasteiger partial charge in [-0.25, -0.2) is 0 Å². The van der Waals surface area contributed by atoms with Crippen LogP contribution in [0.1, 0.15) is 5.56 Å². The SMILES string of the molecule is COc1ccc(CNC(=O)[C@@H]2[C@@H](C(=O)[O-])[C@H]3C=C[C@@H]2O3)cc1OC. The third kappa shape index (κ3) is 2.82. The molecule has 2 bridgehead atoms. The van der Waals surface area contributed by atoms with Crippen molar-refractivity contribution in [3.63, 3.8) is 0 Å². The summed E-state index contributed by atoms with van der Waals surface area (Å²) in [4.78, 5) is 23.7. The van der Waals surface area contributed by atoms with Crippen molar-refractivity contribution in [3.05, 3.63) is 35.9 Å². The molecule has 2 aliphatic heterocycles. The van der Waals surface area contributed by atoms with Gasteiger partial charge in [0.25, 0.3) is 0 Å². The monoisotopic (exact) mass is 332 g/mol. The van der Waals surface area contributed by atoms with Gasteiger partial charge in [0.15, 0.2) is 11.5 Å². The Hall–Kier alpha value is -2.54. The van der Waals surface area contributed by atoms with Crippen molar-refractivity contribution in [2.45, 2.75) is 18.8 Å². The van der Waals surface area contributed by atoms with Crippen LogP contribution in [-0.4, -0.2) is 38.3 Å². The molecular formula is C17H18NO6-. The van der Waals surface area contributed by atoms with Gasteiger partial charge in [0, 0.05) is 18.4 Å². The Morgan fingerprint density at radius 1 is 1.12 bits per heavy atom. The van der Waals surface area contributed by atoms with Gasteiger partial charge in [-0.05, 0) is 17.7 Å². The Labute approximate surface area is 139 Å². The lowest BCUT2D eigenvalue weighted by Gasteiger charge is -2.25.